The van der Waals surface area contributed by atoms with E-state index in [9.17, 15) is 4.39 Å². The molecule has 1 aliphatic rings. The Labute approximate surface area is 118 Å². The van der Waals surface area contributed by atoms with Crippen molar-refractivity contribution < 1.29 is 9.13 Å². The highest BCUT2D eigenvalue weighted by atomic mass is 32.2. The molecule has 0 spiro atoms. The van der Waals surface area contributed by atoms with E-state index in [0.29, 0.717) is 0 Å². The van der Waals surface area contributed by atoms with Crippen LogP contribution in [0.15, 0.2) is 29.2 Å². The number of hydrogen-bond acceptors (Lipinski definition) is 4. The first kappa shape index (κ1) is 14.8. The summed E-state index contributed by atoms with van der Waals surface area (Å²) in [4.78, 5) is 3.47. The minimum atomic E-state index is -0.194. The van der Waals surface area contributed by atoms with Crippen molar-refractivity contribution in [2.24, 2.45) is 5.73 Å². The van der Waals surface area contributed by atoms with Crippen LogP contribution in [0.3, 0.4) is 0 Å². The molecule has 0 bridgehead atoms. The first-order chi connectivity index (χ1) is 9.24. The maximum Gasteiger partial charge on any atom is 0.123 e. The molecule has 0 aromatic heterocycles. The number of ether oxygens (including phenoxy) is 1. The van der Waals surface area contributed by atoms with Gasteiger partial charge in [-0.05, 0) is 37.2 Å². The highest BCUT2D eigenvalue weighted by Crippen LogP contribution is 2.19. The molecule has 1 atom stereocenters. The van der Waals surface area contributed by atoms with Crippen molar-refractivity contribution in [3.63, 3.8) is 0 Å². The van der Waals surface area contributed by atoms with Crippen LogP contribution in [-0.2, 0) is 4.74 Å². The summed E-state index contributed by atoms with van der Waals surface area (Å²) in [6.45, 7) is 4.73. The van der Waals surface area contributed by atoms with Crippen LogP contribution >= 0.6 is 11.8 Å². The SMILES string of the molecule is N[C@H](CCN1CCOCC1)CSc1ccc(F)cc1. The van der Waals surface area contributed by atoms with Gasteiger partial charge in [0.2, 0.25) is 0 Å². The van der Waals surface area contributed by atoms with Gasteiger partial charge in [0.1, 0.15) is 5.82 Å². The van der Waals surface area contributed by atoms with Crippen molar-refractivity contribution >= 4 is 11.8 Å². The number of benzene rings is 1. The van der Waals surface area contributed by atoms with E-state index in [2.05, 4.69) is 4.90 Å². The highest BCUT2D eigenvalue weighted by Gasteiger charge is 2.12. The van der Waals surface area contributed by atoms with E-state index in [1.807, 2.05) is 0 Å². The van der Waals surface area contributed by atoms with E-state index in [1.54, 1.807) is 23.9 Å². The Morgan fingerprint density at radius 1 is 1.26 bits per heavy atom. The van der Waals surface area contributed by atoms with E-state index in [-0.39, 0.29) is 11.9 Å². The summed E-state index contributed by atoms with van der Waals surface area (Å²) in [5.41, 5.74) is 6.12. The first-order valence-corrected chi connectivity index (χ1v) is 7.66. The minimum Gasteiger partial charge on any atom is -0.379 e. The average Bonchev–Trinajstić information content (AvgIpc) is 2.45. The number of halogens is 1. The van der Waals surface area contributed by atoms with E-state index >= 15 is 0 Å². The molecule has 2 rings (SSSR count). The van der Waals surface area contributed by atoms with Crippen LogP contribution in [0.25, 0.3) is 0 Å². The second-order valence-corrected chi connectivity index (χ2v) is 5.86. The lowest BCUT2D eigenvalue weighted by atomic mass is 10.2. The predicted octanol–water partition coefficient (Wildman–Crippen LogP) is 1.97. The van der Waals surface area contributed by atoms with Crippen LogP contribution in [0.2, 0.25) is 0 Å². The third-order valence-electron chi connectivity index (χ3n) is 3.20. The Bertz CT molecular complexity index is 368. The minimum absolute atomic E-state index is 0.179. The smallest absolute Gasteiger partial charge is 0.123 e. The molecule has 1 aromatic carbocycles. The second kappa shape index (κ2) is 7.85. The van der Waals surface area contributed by atoms with E-state index < -0.39 is 0 Å². The standard InChI is InChI=1S/C14H21FN2OS/c15-12-1-3-14(4-2-12)19-11-13(16)5-6-17-7-9-18-10-8-17/h1-4,13H,5-11,16H2/t13-/m1/s1. The van der Waals surface area contributed by atoms with Crippen LogP contribution in [0.4, 0.5) is 4.39 Å². The van der Waals surface area contributed by atoms with Crippen molar-refractivity contribution in [2.75, 3.05) is 38.6 Å². The highest BCUT2D eigenvalue weighted by molar-refractivity contribution is 7.99. The molecule has 1 heterocycles. The summed E-state index contributed by atoms with van der Waals surface area (Å²) in [6, 6.07) is 6.75. The summed E-state index contributed by atoms with van der Waals surface area (Å²) < 4.78 is 18.1. The third-order valence-corrected chi connectivity index (χ3v) is 4.40. The second-order valence-electron chi connectivity index (χ2n) is 4.77. The summed E-state index contributed by atoms with van der Waals surface area (Å²) in [5.74, 6) is 0.677. The van der Waals surface area contributed by atoms with Gasteiger partial charge in [-0.3, -0.25) is 4.90 Å². The number of hydrogen-bond donors (Lipinski definition) is 1. The normalized spacial score (nSPS) is 18.4. The fraction of sp³-hybridized carbons (Fsp3) is 0.571. The quantitative estimate of drug-likeness (QED) is 0.811. The molecular weight excluding hydrogens is 263 g/mol. The molecular formula is C14H21FN2OS. The molecule has 5 heteroatoms. The Morgan fingerprint density at radius 2 is 1.95 bits per heavy atom. The lowest BCUT2D eigenvalue weighted by molar-refractivity contribution is 0.0369. The van der Waals surface area contributed by atoms with Gasteiger partial charge in [-0.25, -0.2) is 4.39 Å². The van der Waals surface area contributed by atoms with E-state index in [1.165, 1.54) is 12.1 Å². The molecule has 1 aromatic rings. The summed E-state index contributed by atoms with van der Waals surface area (Å²) in [7, 11) is 0. The monoisotopic (exact) mass is 284 g/mol. The first-order valence-electron chi connectivity index (χ1n) is 6.68. The molecule has 2 N–H and O–H groups in total. The van der Waals surface area contributed by atoms with Crippen LogP contribution < -0.4 is 5.73 Å². The topological polar surface area (TPSA) is 38.5 Å². The fourth-order valence-electron chi connectivity index (χ4n) is 1.99. The summed E-state index contributed by atoms with van der Waals surface area (Å²) in [6.07, 6.45) is 0.994. The molecule has 0 unspecified atom stereocenters. The molecule has 0 amide bonds. The number of morpholine rings is 1. The van der Waals surface area contributed by atoms with Gasteiger partial charge >= 0.3 is 0 Å². The number of nitrogens with zero attached hydrogens (tertiary/aromatic N) is 1. The fourth-order valence-corrected chi connectivity index (χ4v) is 2.89. The molecule has 1 saturated heterocycles. The van der Waals surface area contributed by atoms with Gasteiger partial charge in [0.15, 0.2) is 0 Å². The van der Waals surface area contributed by atoms with Crippen molar-refractivity contribution in [3.05, 3.63) is 30.1 Å². The Kier molecular flexibility index (Phi) is 6.10. The lowest BCUT2D eigenvalue weighted by Gasteiger charge is -2.27. The van der Waals surface area contributed by atoms with Crippen LogP contribution in [-0.4, -0.2) is 49.5 Å². The molecule has 1 aliphatic heterocycles. The van der Waals surface area contributed by atoms with Gasteiger partial charge in [-0.1, -0.05) is 0 Å². The van der Waals surface area contributed by atoms with Gasteiger partial charge < -0.3 is 10.5 Å². The van der Waals surface area contributed by atoms with Crippen molar-refractivity contribution in [2.45, 2.75) is 17.4 Å². The zero-order valence-corrected chi connectivity index (χ0v) is 11.9. The van der Waals surface area contributed by atoms with Crippen molar-refractivity contribution in [3.8, 4) is 0 Å². The third kappa shape index (κ3) is 5.48. The lowest BCUT2D eigenvalue weighted by Crippen LogP contribution is -2.39. The van der Waals surface area contributed by atoms with Crippen molar-refractivity contribution in [1.82, 2.24) is 4.90 Å². The zero-order chi connectivity index (χ0) is 13.5. The molecule has 106 valence electrons. The molecule has 1 fully saturated rings. The van der Waals surface area contributed by atoms with E-state index in [0.717, 1.165) is 49.9 Å². The van der Waals surface area contributed by atoms with Gasteiger partial charge in [0, 0.05) is 29.8 Å². The summed E-state index contributed by atoms with van der Waals surface area (Å²) >= 11 is 1.69. The van der Waals surface area contributed by atoms with E-state index in [4.69, 9.17) is 10.5 Å². The zero-order valence-electron chi connectivity index (χ0n) is 11.1. The predicted molar refractivity (Wildman–Crippen MR) is 77.0 cm³/mol. The molecule has 0 saturated carbocycles. The molecule has 19 heavy (non-hydrogen) atoms. The molecule has 3 nitrogen and oxygen atoms in total. The van der Waals surface area contributed by atoms with Crippen molar-refractivity contribution in [1.29, 1.82) is 0 Å². The maximum atomic E-state index is 12.8. The van der Waals surface area contributed by atoms with Gasteiger partial charge in [0.25, 0.3) is 0 Å². The number of thioether (sulfide) groups is 1. The maximum absolute atomic E-state index is 12.8. The molecule has 0 aliphatic carbocycles. The Morgan fingerprint density at radius 3 is 2.63 bits per heavy atom. The number of nitrogens with two attached hydrogens (primary N) is 1. The van der Waals surface area contributed by atoms with Gasteiger partial charge in [0.05, 0.1) is 13.2 Å². The Hall–Kier alpha value is -0.620. The van der Waals surface area contributed by atoms with Gasteiger partial charge in [-0.15, -0.1) is 11.8 Å². The average molecular weight is 284 g/mol. The van der Waals surface area contributed by atoms with Crippen LogP contribution in [0.1, 0.15) is 6.42 Å². The van der Waals surface area contributed by atoms with Crippen LogP contribution in [0.5, 0.6) is 0 Å². The van der Waals surface area contributed by atoms with Gasteiger partial charge in [-0.2, -0.15) is 0 Å². The Balaban J connectivity index is 1.63. The molecule has 0 radical (unpaired) electrons. The summed E-state index contributed by atoms with van der Waals surface area (Å²) in [5, 5.41) is 0. The largest absolute Gasteiger partial charge is 0.379 e. The van der Waals surface area contributed by atoms with Crippen LogP contribution in [0, 0.1) is 5.82 Å². The number of rotatable bonds is 6.